The molecule has 3 atom stereocenters. The number of hydrogen-bond acceptors (Lipinski definition) is 8. The van der Waals surface area contributed by atoms with Gasteiger partial charge < -0.3 is 38.6 Å². The van der Waals surface area contributed by atoms with Crippen LogP contribution in [0.15, 0.2) is 60.7 Å². The number of carbonyl (C=O) groups excluding carboxylic acids is 2. The molecule has 0 bridgehead atoms. The molecule has 2 amide bonds. The molecule has 0 spiro atoms. The van der Waals surface area contributed by atoms with Crippen LogP contribution in [-0.2, 0) is 9.59 Å². The third-order valence-corrected chi connectivity index (χ3v) is 7.39. The molecule has 1 N–H and O–H groups in total. The smallest absolute Gasteiger partial charge is 0.227 e. The van der Waals surface area contributed by atoms with Gasteiger partial charge in [0.25, 0.3) is 0 Å². The number of benzene rings is 3. The summed E-state index contributed by atoms with van der Waals surface area (Å²) >= 11 is 0. The molecule has 0 aromatic heterocycles. The minimum atomic E-state index is -0.603. The van der Waals surface area contributed by atoms with E-state index < -0.39 is 12.0 Å². The van der Waals surface area contributed by atoms with Crippen LogP contribution in [0.4, 0.5) is 5.69 Å². The van der Waals surface area contributed by atoms with E-state index in [4.69, 9.17) is 28.4 Å². The topological polar surface area (TPSA) is 105 Å². The maximum atomic E-state index is 13.8. The monoisotopic (exact) mass is 562 g/mol. The fourth-order valence-corrected chi connectivity index (χ4v) is 5.37. The number of ether oxygens (including phenoxy) is 6. The number of nitrogens with one attached hydrogen (secondary N) is 1. The number of anilines is 1. The van der Waals surface area contributed by atoms with E-state index in [0.29, 0.717) is 53.2 Å². The lowest BCUT2D eigenvalue weighted by molar-refractivity contribution is -0.129. The third-order valence-electron chi connectivity index (χ3n) is 7.39. The van der Waals surface area contributed by atoms with Crippen LogP contribution in [0.3, 0.4) is 0 Å². The molecule has 41 heavy (non-hydrogen) atoms. The maximum absolute atomic E-state index is 13.8. The molecule has 3 aromatic rings. The first kappa shape index (κ1) is 27.9. The zero-order valence-electron chi connectivity index (χ0n) is 23.5. The van der Waals surface area contributed by atoms with Crippen molar-refractivity contribution in [3.63, 3.8) is 0 Å². The highest BCUT2D eigenvalue weighted by Gasteiger charge is 2.42. The number of hydrogen-bond donors (Lipinski definition) is 1. The molecule has 5 rings (SSSR count). The van der Waals surface area contributed by atoms with Gasteiger partial charge in [0.1, 0.15) is 18.5 Å². The van der Waals surface area contributed by atoms with Crippen molar-refractivity contribution in [2.45, 2.75) is 25.0 Å². The summed E-state index contributed by atoms with van der Waals surface area (Å²) in [6.45, 7) is 0.580. The first-order valence-corrected chi connectivity index (χ1v) is 13.4. The van der Waals surface area contributed by atoms with Crippen LogP contribution in [0.2, 0.25) is 0 Å². The largest absolute Gasteiger partial charge is 0.497 e. The van der Waals surface area contributed by atoms with Crippen molar-refractivity contribution in [3.05, 3.63) is 66.2 Å². The predicted octanol–water partition coefficient (Wildman–Crippen LogP) is 4.16. The number of methoxy groups -OCH3 is 4. The summed E-state index contributed by atoms with van der Waals surface area (Å²) in [6, 6.07) is 17.7. The Kier molecular flexibility index (Phi) is 8.37. The van der Waals surface area contributed by atoms with Crippen molar-refractivity contribution in [1.82, 2.24) is 5.32 Å². The summed E-state index contributed by atoms with van der Waals surface area (Å²) in [5.41, 5.74) is 1.32. The molecule has 216 valence electrons. The van der Waals surface area contributed by atoms with Crippen LogP contribution in [0.1, 0.15) is 24.4 Å². The number of piperidine rings is 1. The van der Waals surface area contributed by atoms with Crippen LogP contribution in [0.5, 0.6) is 34.5 Å². The molecule has 0 unspecified atom stereocenters. The predicted molar refractivity (Wildman–Crippen MR) is 151 cm³/mol. The van der Waals surface area contributed by atoms with Crippen LogP contribution >= 0.6 is 0 Å². The lowest BCUT2D eigenvalue weighted by Crippen LogP contribution is -2.50. The van der Waals surface area contributed by atoms with Gasteiger partial charge in [-0.2, -0.15) is 0 Å². The molecule has 0 radical (unpaired) electrons. The van der Waals surface area contributed by atoms with Crippen LogP contribution in [0, 0.1) is 5.92 Å². The van der Waals surface area contributed by atoms with Gasteiger partial charge >= 0.3 is 0 Å². The highest BCUT2D eigenvalue weighted by atomic mass is 16.6. The van der Waals surface area contributed by atoms with E-state index >= 15 is 0 Å². The highest BCUT2D eigenvalue weighted by molar-refractivity contribution is 5.98. The SMILES string of the molecule is COc1ccc([C@@H]2[C@@H](C(=O)NC[C@H]3COc4ccccc4O3)CCC(=O)N2c2cc(OC)c(OC)c(OC)c2)cc1. The van der Waals surface area contributed by atoms with Crippen LogP contribution in [-0.4, -0.2) is 59.5 Å². The molecule has 0 aliphatic carbocycles. The molecular formula is C31H34N2O8. The fourth-order valence-electron chi connectivity index (χ4n) is 5.37. The number of rotatable bonds is 9. The molecule has 10 nitrogen and oxygen atoms in total. The lowest BCUT2D eigenvalue weighted by Gasteiger charge is -2.41. The van der Waals surface area contributed by atoms with Gasteiger partial charge in [-0.25, -0.2) is 0 Å². The third kappa shape index (κ3) is 5.68. The summed E-state index contributed by atoms with van der Waals surface area (Å²) in [5.74, 6) is 2.38. The van der Waals surface area contributed by atoms with E-state index in [1.54, 1.807) is 24.1 Å². The molecule has 1 fully saturated rings. The standard InChI is InChI=1S/C31H34N2O8/c1-36-21-11-9-19(10-12-21)29-23(31(35)32-17-22-18-40-24-7-5-6-8-25(24)41-22)13-14-28(34)33(29)20-15-26(37-2)30(39-4)27(16-20)38-3/h5-12,15-16,22-23,29H,13-14,17-18H2,1-4H3,(H,32,35)/t22-,23-,29+/m0/s1. The Morgan fingerprint density at radius 2 is 1.61 bits per heavy atom. The van der Waals surface area contributed by atoms with Gasteiger partial charge in [0.2, 0.25) is 17.6 Å². The average molecular weight is 563 g/mol. The van der Waals surface area contributed by atoms with E-state index in [0.717, 1.165) is 5.56 Å². The lowest BCUT2D eigenvalue weighted by atomic mass is 9.83. The number of fused-ring (bicyclic) bond motifs is 1. The van der Waals surface area contributed by atoms with Crippen molar-refractivity contribution in [2.24, 2.45) is 5.92 Å². The van der Waals surface area contributed by atoms with Gasteiger partial charge in [0, 0.05) is 18.6 Å². The van der Waals surface area contributed by atoms with Crippen LogP contribution < -0.4 is 38.6 Å². The van der Waals surface area contributed by atoms with Crippen molar-refractivity contribution in [3.8, 4) is 34.5 Å². The molecular weight excluding hydrogens is 528 g/mol. The minimum absolute atomic E-state index is 0.121. The number of para-hydroxylation sites is 2. The number of carbonyl (C=O) groups is 2. The fraction of sp³-hybridized carbons (Fsp3) is 0.355. The first-order chi connectivity index (χ1) is 20.0. The van der Waals surface area contributed by atoms with Gasteiger partial charge in [-0.15, -0.1) is 0 Å². The van der Waals surface area contributed by atoms with Crippen molar-refractivity contribution in [2.75, 3.05) is 46.5 Å². The van der Waals surface area contributed by atoms with E-state index in [2.05, 4.69) is 5.32 Å². The highest BCUT2D eigenvalue weighted by Crippen LogP contribution is 2.46. The summed E-state index contributed by atoms with van der Waals surface area (Å²) in [7, 11) is 6.15. The van der Waals surface area contributed by atoms with E-state index in [9.17, 15) is 9.59 Å². The Morgan fingerprint density at radius 3 is 2.24 bits per heavy atom. The Balaban J connectivity index is 1.46. The summed E-state index contributed by atoms with van der Waals surface area (Å²) < 4.78 is 33.8. The van der Waals surface area contributed by atoms with Gasteiger partial charge in [0.05, 0.1) is 52.6 Å². The second-order valence-electron chi connectivity index (χ2n) is 9.75. The average Bonchev–Trinajstić information content (AvgIpc) is 3.02. The second kappa shape index (κ2) is 12.3. The minimum Gasteiger partial charge on any atom is -0.497 e. The van der Waals surface area contributed by atoms with Gasteiger partial charge in [-0.05, 0) is 36.2 Å². The summed E-state index contributed by atoms with van der Waals surface area (Å²) in [5, 5.41) is 3.05. The van der Waals surface area contributed by atoms with Crippen molar-refractivity contribution in [1.29, 1.82) is 0 Å². The zero-order valence-corrected chi connectivity index (χ0v) is 23.5. The maximum Gasteiger partial charge on any atom is 0.227 e. The quantitative estimate of drug-likeness (QED) is 0.415. The Hall–Kier alpha value is -4.60. The summed E-state index contributed by atoms with van der Waals surface area (Å²) in [4.78, 5) is 29.0. The molecule has 2 aliphatic heterocycles. The molecule has 10 heteroatoms. The molecule has 2 aliphatic rings. The number of amides is 2. The number of nitrogens with zero attached hydrogens (tertiary/aromatic N) is 1. The molecule has 3 aromatic carbocycles. The van der Waals surface area contributed by atoms with E-state index in [1.807, 2.05) is 48.5 Å². The molecule has 2 heterocycles. The van der Waals surface area contributed by atoms with E-state index in [1.165, 1.54) is 21.3 Å². The van der Waals surface area contributed by atoms with E-state index in [-0.39, 0.29) is 30.9 Å². The van der Waals surface area contributed by atoms with Gasteiger partial charge in [-0.3, -0.25) is 9.59 Å². The summed E-state index contributed by atoms with van der Waals surface area (Å²) in [6.07, 6.45) is 0.232. The Bertz CT molecular complexity index is 1370. The van der Waals surface area contributed by atoms with Crippen LogP contribution in [0.25, 0.3) is 0 Å². The molecule has 0 saturated carbocycles. The van der Waals surface area contributed by atoms with Gasteiger partial charge in [0.15, 0.2) is 23.0 Å². The Labute approximate surface area is 239 Å². The first-order valence-electron chi connectivity index (χ1n) is 13.4. The zero-order chi connectivity index (χ0) is 28.9. The normalized spacial score (nSPS) is 19.8. The van der Waals surface area contributed by atoms with Crippen molar-refractivity contribution < 1.29 is 38.0 Å². The molecule has 1 saturated heterocycles. The second-order valence-corrected chi connectivity index (χ2v) is 9.75. The Morgan fingerprint density at radius 1 is 0.927 bits per heavy atom. The van der Waals surface area contributed by atoms with Crippen molar-refractivity contribution >= 4 is 17.5 Å². The van der Waals surface area contributed by atoms with Gasteiger partial charge in [-0.1, -0.05) is 24.3 Å².